The molecule has 130 valence electrons. The fraction of sp³-hybridized carbons (Fsp3) is 0.143. The summed E-state index contributed by atoms with van der Waals surface area (Å²) in [5, 5.41) is 9.60. The van der Waals surface area contributed by atoms with Crippen LogP contribution in [0.3, 0.4) is 0 Å². The van der Waals surface area contributed by atoms with Crippen LogP contribution in [0.15, 0.2) is 82.6 Å². The van der Waals surface area contributed by atoms with E-state index in [1.54, 1.807) is 18.7 Å². The maximum Gasteiger partial charge on any atom is 4.00 e. The summed E-state index contributed by atoms with van der Waals surface area (Å²) in [6.07, 6.45) is -0.400. The van der Waals surface area contributed by atoms with Gasteiger partial charge in [-0.15, -0.1) is 22.2 Å². The van der Waals surface area contributed by atoms with E-state index in [0.29, 0.717) is 0 Å². The van der Waals surface area contributed by atoms with Crippen LogP contribution in [0.1, 0.15) is 24.2 Å². The quantitative estimate of drug-likeness (QED) is 0.429. The van der Waals surface area contributed by atoms with Crippen molar-refractivity contribution in [2.45, 2.75) is 29.7 Å². The standard InChI is InChI=1S/C14H15OS.C5H5.2CH3.Fe/c1-10-6-8-12(9-7-10)16-14-5-3-4-13(14)11(2)15;1-2-4-5-3-1;;;/h3-9,11,15H,1-2H3;1-5H;2*1H3;/q4*-1;+4/t11-;;;;/m1..../s1. The molecule has 0 aliphatic carbocycles. The van der Waals surface area contributed by atoms with Gasteiger partial charge in [0.2, 0.25) is 0 Å². The summed E-state index contributed by atoms with van der Waals surface area (Å²) in [5.74, 6) is 0. The van der Waals surface area contributed by atoms with Crippen LogP contribution >= 0.6 is 11.8 Å². The number of aliphatic hydroxyl groups excluding tert-OH is 1. The van der Waals surface area contributed by atoms with Crippen molar-refractivity contribution in [2.75, 3.05) is 0 Å². The Morgan fingerprint density at radius 2 is 1.58 bits per heavy atom. The maximum atomic E-state index is 9.60. The zero-order chi connectivity index (χ0) is 15.1. The Morgan fingerprint density at radius 3 is 2.04 bits per heavy atom. The molecule has 3 aromatic rings. The Bertz CT molecular complexity index is 607. The molecule has 0 saturated carbocycles. The summed E-state index contributed by atoms with van der Waals surface area (Å²) >= 11 is 1.70. The van der Waals surface area contributed by atoms with Gasteiger partial charge in [0, 0.05) is 11.0 Å². The molecule has 0 spiro atoms. The fourth-order valence-corrected chi connectivity index (χ4v) is 2.94. The van der Waals surface area contributed by atoms with Gasteiger partial charge in [-0.3, -0.25) is 0 Å². The molecular formula is C21H26FeOS. The summed E-state index contributed by atoms with van der Waals surface area (Å²) < 4.78 is 0. The molecule has 1 N–H and O–H groups in total. The molecule has 0 radical (unpaired) electrons. The van der Waals surface area contributed by atoms with Gasteiger partial charge in [-0.2, -0.15) is 30.3 Å². The molecule has 24 heavy (non-hydrogen) atoms. The molecule has 3 aromatic carbocycles. The number of hydrogen-bond acceptors (Lipinski definition) is 2. The first-order valence-electron chi connectivity index (χ1n) is 7.01. The van der Waals surface area contributed by atoms with Crippen LogP contribution in [0.4, 0.5) is 0 Å². The summed E-state index contributed by atoms with van der Waals surface area (Å²) in [5.41, 5.74) is 2.27. The third-order valence-electron chi connectivity index (χ3n) is 3.06. The second-order valence-corrected chi connectivity index (χ2v) is 6.01. The molecule has 1 atom stereocenters. The molecule has 0 aliphatic heterocycles. The van der Waals surface area contributed by atoms with Gasteiger partial charge < -0.3 is 20.0 Å². The summed E-state index contributed by atoms with van der Waals surface area (Å²) in [6, 6.07) is 24.4. The van der Waals surface area contributed by atoms with Crippen molar-refractivity contribution >= 4 is 11.8 Å². The second kappa shape index (κ2) is 13.1. The van der Waals surface area contributed by atoms with Crippen molar-refractivity contribution in [3.05, 3.63) is 98.8 Å². The molecule has 0 amide bonds. The van der Waals surface area contributed by atoms with E-state index in [1.165, 1.54) is 10.5 Å². The summed E-state index contributed by atoms with van der Waals surface area (Å²) in [4.78, 5) is 2.34. The largest absolute Gasteiger partial charge is 4.00 e. The van der Waals surface area contributed by atoms with E-state index in [1.807, 2.05) is 48.5 Å². The van der Waals surface area contributed by atoms with Crippen molar-refractivity contribution in [2.24, 2.45) is 0 Å². The van der Waals surface area contributed by atoms with Crippen LogP contribution in [0.5, 0.6) is 0 Å². The van der Waals surface area contributed by atoms with Gasteiger partial charge in [0.25, 0.3) is 0 Å². The van der Waals surface area contributed by atoms with E-state index in [-0.39, 0.29) is 31.9 Å². The Labute approximate surface area is 162 Å². The van der Waals surface area contributed by atoms with Gasteiger partial charge in [0.15, 0.2) is 0 Å². The molecule has 0 bridgehead atoms. The smallest absolute Gasteiger partial charge is 0.401 e. The van der Waals surface area contributed by atoms with E-state index < -0.39 is 6.10 Å². The zero-order valence-electron chi connectivity index (χ0n) is 14.7. The molecule has 1 nitrogen and oxygen atoms in total. The van der Waals surface area contributed by atoms with E-state index in [4.69, 9.17) is 0 Å². The third-order valence-corrected chi connectivity index (χ3v) is 4.16. The van der Waals surface area contributed by atoms with Crippen LogP contribution in [0.2, 0.25) is 0 Å². The minimum atomic E-state index is -0.400. The van der Waals surface area contributed by atoms with Gasteiger partial charge in [-0.1, -0.05) is 17.7 Å². The van der Waals surface area contributed by atoms with Crippen LogP contribution in [0.25, 0.3) is 0 Å². The number of aryl methyl sites for hydroxylation is 1. The van der Waals surface area contributed by atoms with Crippen molar-refractivity contribution in [3.63, 3.8) is 0 Å². The number of rotatable bonds is 3. The van der Waals surface area contributed by atoms with Crippen molar-refractivity contribution in [1.29, 1.82) is 0 Å². The molecule has 0 unspecified atom stereocenters. The van der Waals surface area contributed by atoms with Crippen LogP contribution in [-0.4, -0.2) is 5.11 Å². The predicted molar refractivity (Wildman–Crippen MR) is 103 cm³/mol. The average Bonchev–Trinajstić information content (AvgIpc) is 3.15. The molecule has 0 fully saturated rings. The Morgan fingerprint density at radius 1 is 1.00 bits per heavy atom. The molecule has 3 rings (SSSR count). The van der Waals surface area contributed by atoms with Gasteiger partial charge in [-0.05, 0) is 26.0 Å². The SMILES string of the molecule is Cc1ccc(Sc2ccc[c-]2[C@@H](C)O)cc1.[CH3-].[CH3-].[Fe+4].c1cc[cH-]c1. The van der Waals surface area contributed by atoms with Crippen LogP contribution in [0, 0.1) is 21.8 Å². The minimum absolute atomic E-state index is 0. The first kappa shape index (κ1) is 25.0. The first-order valence-corrected chi connectivity index (χ1v) is 7.83. The van der Waals surface area contributed by atoms with Crippen molar-refractivity contribution < 1.29 is 22.2 Å². The molecular weight excluding hydrogens is 356 g/mol. The summed E-state index contributed by atoms with van der Waals surface area (Å²) in [7, 11) is 0. The van der Waals surface area contributed by atoms with Crippen molar-refractivity contribution in [1.82, 2.24) is 0 Å². The third kappa shape index (κ3) is 8.03. The normalized spacial score (nSPS) is 10.1. The number of hydrogen-bond donors (Lipinski definition) is 1. The average molecular weight is 382 g/mol. The van der Waals surface area contributed by atoms with E-state index in [2.05, 4.69) is 31.2 Å². The number of aliphatic hydroxyl groups is 1. The monoisotopic (exact) mass is 382 g/mol. The van der Waals surface area contributed by atoms with Crippen LogP contribution in [-0.2, 0) is 17.1 Å². The predicted octanol–water partition coefficient (Wildman–Crippen LogP) is 6.22. The topological polar surface area (TPSA) is 20.2 Å². The molecule has 3 heteroatoms. The van der Waals surface area contributed by atoms with Crippen LogP contribution < -0.4 is 0 Å². The molecule has 0 saturated heterocycles. The van der Waals surface area contributed by atoms with Gasteiger partial charge >= 0.3 is 17.1 Å². The zero-order valence-corrected chi connectivity index (χ0v) is 16.6. The Hall–Kier alpha value is -1.25. The molecule has 0 heterocycles. The van der Waals surface area contributed by atoms with E-state index >= 15 is 0 Å². The Balaban J connectivity index is 0. The molecule has 0 aliphatic rings. The minimum Gasteiger partial charge on any atom is -0.401 e. The summed E-state index contributed by atoms with van der Waals surface area (Å²) in [6.45, 7) is 3.88. The Kier molecular flexibility index (Phi) is 13.6. The van der Waals surface area contributed by atoms with E-state index in [0.717, 1.165) is 10.5 Å². The van der Waals surface area contributed by atoms with Crippen molar-refractivity contribution in [3.8, 4) is 0 Å². The second-order valence-electron chi connectivity index (χ2n) is 4.90. The van der Waals surface area contributed by atoms with Gasteiger partial charge in [-0.25, -0.2) is 18.2 Å². The fourth-order valence-electron chi connectivity index (χ4n) is 1.91. The van der Waals surface area contributed by atoms with E-state index in [9.17, 15) is 5.11 Å². The van der Waals surface area contributed by atoms with Gasteiger partial charge in [0.05, 0.1) is 0 Å². The first-order chi connectivity index (χ1) is 10.2. The van der Waals surface area contributed by atoms with Gasteiger partial charge in [0.1, 0.15) is 0 Å². The molecule has 0 aromatic heterocycles. The number of benzene rings is 1. The maximum absolute atomic E-state index is 9.60.